The van der Waals surface area contributed by atoms with Crippen LogP contribution in [0.5, 0.6) is 0 Å². The van der Waals surface area contributed by atoms with E-state index in [2.05, 4.69) is 59.9 Å². The molecule has 2 aromatic rings. The highest BCUT2D eigenvalue weighted by atomic mass is 35.5. The third-order valence-electron chi connectivity index (χ3n) is 4.18. The number of thioether (sulfide) groups is 1. The van der Waals surface area contributed by atoms with Crippen molar-refractivity contribution in [2.45, 2.75) is 40.3 Å². The van der Waals surface area contributed by atoms with Crippen LogP contribution < -0.4 is 5.43 Å². The van der Waals surface area contributed by atoms with Crippen LogP contribution in [-0.2, 0) is 6.54 Å². The molecule has 1 N–H and O–H groups in total. The predicted molar refractivity (Wildman–Crippen MR) is 109 cm³/mol. The number of nitrogens with zero attached hydrogens (tertiary/aromatic N) is 3. The zero-order valence-corrected chi connectivity index (χ0v) is 16.6. The summed E-state index contributed by atoms with van der Waals surface area (Å²) in [7, 11) is 0. The maximum absolute atomic E-state index is 6.33. The number of hydrazone groups is 1. The molecular weight excluding hydrogens is 352 g/mol. The molecule has 0 atom stereocenters. The van der Waals surface area contributed by atoms with Gasteiger partial charge >= 0.3 is 0 Å². The Hall–Kier alpha value is -1.72. The fraction of sp³-hybridized carbons (Fsp3) is 0.368. The molecule has 0 amide bonds. The first-order valence-electron chi connectivity index (χ1n) is 8.39. The van der Waals surface area contributed by atoms with Crippen LogP contribution in [0.4, 0.5) is 0 Å². The van der Waals surface area contributed by atoms with Gasteiger partial charge in [-0.15, -0.1) is 0 Å². The molecule has 1 aliphatic heterocycles. The van der Waals surface area contributed by atoms with Crippen LogP contribution in [0.25, 0.3) is 0 Å². The molecule has 2 heterocycles. The highest BCUT2D eigenvalue weighted by molar-refractivity contribution is 8.14. The summed E-state index contributed by atoms with van der Waals surface area (Å²) >= 11 is 8.03. The Kier molecular flexibility index (Phi) is 5.54. The van der Waals surface area contributed by atoms with Gasteiger partial charge in [0.2, 0.25) is 0 Å². The molecule has 6 heteroatoms. The van der Waals surface area contributed by atoms with Gasteiger partial charge in [0.1, 0.15) is 0 Å². The Balaban J connectivity index is 1.86. The number of benzene rings is 1. The van der Waals surface area contributed by atoms with Crippen LogP contribution in [-0.4, -0.2) is 27.2 Å². The van der Waals surface area contributed by atoms with Crippen LogP contribution in [0.1, 0.15) is 36.4 Å². The van der Waals surface area contributed by atoms with Gasteiger partial charge < -0.3 is 4.57 Å². The van der Waals surface area contributed by atoms with E-state index in [0.29, 0.717) is 0 Å². The molecule has 0 fully saturated rings. The zero-order valence-electron chi connectivity index (χ0n) is 15.0. The normalized spacial score (nSPS) is 16.2. The molecule has 0 aliphatic carbocycles. The number of aliphatic imine (C=N–C) groups is 1. The van der Waals surface area contributed by atoms with Gasteiger partial charge in [-0.3, -0.25) is 10.4 Å². The highest BCUT2D eigenvalue weighted by Gasteiger charge is 2.19. The van der Waals surface area contributed by atoms with Crippen molar-refractivity contribution in [2.24, 2.45) is 10.1 Å². The summed E-state index contributed by atoms with van der Waals surface area (Å²) in [6.45, 7) is 9.17. The van der Waals surface area contributed by atoms with Crippen LogP contribution in [0.15, 0.2) is 40.4 Å². The average Bonchev–Trinajstić information content (AvgIpc) is 2.85. The summed E-state index contributed by atoms with van der Waals surface area (Å²) in [6.07, 6.45) is 0. The van der Waals surface area contributed by atoms with Crippen LogP contribution >= 0.6 is 23.4 Å². The smallest absolute Gasteiger partial charge is 0.177 e. The first kappa shape index (κ1) is 18.1. The van der Waals surface area contributed by atoms with Gasteiger partial charge in [0.15, 0.2) is 5.17 Å². The fourth-order valence-corrected chi connectivity index (χ4v) is 3.97. The Morgan fingerprint density at radius 3 is 2.72 bits per heavy atom. The second-order valence-electron chi connectivity index (χ2n) is 6.45. The fourth-order valence-electron chi connectivity index (χ4n) is 2.89. The minimum absolute atomic E-state index is 0.271. The maximum Gasteiger partial charge on any atom is 0.177 e. The van der Waals surface area contributed by atoms with Crippen molar-refractivity contribution in [2.75, 3.05) is 5.75 Å². The largest absolute Gasteiger partial charge is 0.344 e. The van der Waals surface area contributed by atoms with E-state index in [1.54, 1.807) is 11.8 Å². The van der Waals surface area contributed by atoms with Crippen molar-refractivity contribution < 1.29 is 0 Å². The van der Waals surface area contributed by atoms with Crippen molar-refractivity contribution in [1.82, 2.24) is 9.99 Å². The second kappa shape index (κ2) is 7.67. The van der Waals surface area contributed by atoms with Crippen molar-refractivity contribution in [3.8, 4) is 0 Å². The van der Waals surface area contributed by atoms with E-state index in [9.17, 15) is 0 Å². The molecule has 25 heavy (non-hydrogen) atoms. The van der Waals surface area contributed by atoms with Crippen molar-refractivity contribution in [1.29, 1.82) is 0 Å². The standard InChI is InChI=1S/C19H23ClN4S/c1-12(2)21-19-23-22-18(11-25-19)16-9-13(3)24(14(16)4)10-15-7-5-6-8-17(15)20/h5-9,12H,10-11H2,1-4H3,(H,21,23). The number of amidine groups is 1. The minimum Gasteiger partial charge on any atom is -0.344 e. The number of hydrogen-bond acceptors (Lipinski definition) is 3. The van der Waals surface area contributed by atoms with Crippen molar-refractivity contribution in [3.63, 3.8) is 0 Å². The third-order valence-corrected chi connectivity index (χ3v) is 5.44. The summed E-state index contributed by atoms with van der Waals surface area (Å²) in [4.78, 5) is 4.52. The first-order valence-corrected chi connectivity index (χ1v) is 9.75. The van der Waals surface area contributed by atoms with E-state index >= 15 is 0 Å². The molecule has 1 aliphatic rings. The van der Waals surface area contributed by atoms with Crippen molar-refractivity contribution in [3.05, 3.63) is 57.9 Å². The molecule has 0 bridgehead atoms. The molecule has 1 aromatic heterocycles. The van der Waals surface area contributed by atoms with Gasteiger partial charge in [0, 0.05) is 40.3 Å². The Morgan fingerprint density at radius 1 is 1.32 bits per heavy atom. The van der Waals surface area contributed by atoms with Gasteiger partial charge in [-0.05, 0) is 45.4 Å². The topological polar surface area (TPSA) is 41.7 Å². The zero-order chi connectivity index (χ0) is 18.0. The maximum atomic E-state index is 6.33. The molecule has 1 aromatic carbocycles. The molecule has 0 saturated heterocycles. The van der Waals surface area contributed by atoms with Crippen LogP contribution in [0.2, 0.25) is 5.02 Å². The summed E-state index contributed by atoms with van der Waals surface area (Å²) in [5.41, 5.74) is 8.88. The highest BCUT2D eigenvalue weighted by Crippen LogP contribution is 2.23. The van der Waals surface area contributed by atoms with E-state index < -0.39 is 0 Å². The third kappa shape index (κ3) is 4.10. The lowest BCUT2D eigenvalue weighted by atomic mass is 10.1. The van der Waals surface area contributed by atoms with E-state index in [0.717, 1.165) is 33.8 Å². The number of halogens is 1. The van der Waals surface area contributed by atoms with E-state index in [1.165, 1.54) is 17.0 Å². The van der Waals surface area contributed by atoms with Crippen LogP contribution in [0, 0.1) is 13.8 Å². The molecule has 0 unspecified atom stereocenters. The number of aryl methyl sites for hydroxylation is 1. The summed E-state index contributed by atoms with van der Waals surface area (Å²) in [5, 5.41) is 6.25. The van der Waals surface area contributed by atoms with E-state index in [4.69, 9.17) is 11.6 Å². The predicted octanol–water partition coefficient (Wildman–Crippen LogP) is 4.61. The van der Waals surface area contributed by atoms with Gasteiger partial charge in [0.05, 0.1) is 5.71 Å². The Labute approximate surface area is 158 Å². The lowest BCUT2D eigenvalue weighted by Crippen LogP contribution is -2.26. The minimum atomic E-state index is 0.271. The molecule has 0 radical (unpaired) electrons. The number of aromatic nitrogens is 1. The van der Waals surface area contributed by atoms with Gasteiger partial charge in [-0.2, -0.15) is 5.10 Å². The van der Waals surface area contributed by atoms with Gasteiger partial charge in [-0.25, -0.2) is 0 Å². The van der Waals surface area contributed by atoms with Gasteiger partial charge in [-0.1, -0.05) is 41.6 Å². The first-order chi connectivity index (χ1) is 12.0. The van der Waals surface area contributed by atoms with E-state index in [-0.39, 0.29) is 6.04 Å². The molecule has 3 rings (SSSR count). The monoisotopic (exact) mass is 374 g/mol. The average molecular weight is 375 g/mol. The molecule has 4 nitrogen and oxygen atoms in total. The molecular formula is C19H23ClN4S. The number of nitrogens with one attached hydrogen (secondary N) is 1. The van der Waals surface area contributed by atoms with Gasteiger partial charge in [0.25, 0.3) is 0 Å². The molecule has 132 valence electrons. The Morgan fingerprint density at radius 2 is 2.08 bits per heavy atom. The lowest BCUT2D eigenvalue weighted by molar-refractivity contribution is 0.749. The second-order valence-corrected chi connectivity index (χ2v) is 7.82. The number of rotatable bonds is 4. The van der Waals surface area contributed by atoms with E-state index in [1.807, 2.05) is 18.2 Å². The molecule has 0 spiro atoms. The molecule has 0 saturated carbocycles. The summed E-state index contributed by atoms with van der Waals surface area (Å²) in [6, 6.07) is 10.5. The number of hydrogen-bond donors (Lipinski definition) is 1. The van der Waals surface area contributed by atoms with Crippen molar-refractivity contribution >= 4 is 34.2 Å². The quantitative estimate of drug-likeness (QED) is 0.848. The summed E-state index contributed by atoms with van der Waals surface area (Å²) in [5.74, 6) is 0.828. The lowest BCUT2D eigenvalue weighted by Gasteiger charge is -2.16. The Bertz CT molecular complexity index is 836. The SMILES string of the molecule is Cc1cc(C2=NNC(=NC(C)C)SC2)c(C)n1Cc1ccccc1Cl. The van der Waals surface area contributed by atoms with Crippen LogP contribution in [0.3, 0.4) is 0 Å². The summed E-state index contributed by atoms with van der Waals surface area (Å²) < 4.78 is 2.29.